The molecule has 7 heteroatoms. The monoisotopic (exact) mass is 286 g/mol. The SMILES string of the molecule is Nc1cc(OCC(F)(F)F)ccc1-c1cncc(F)c1. The van der Waals surface area contributed by atoms with Gasteiger partial charge in [-0.1, -0.05) is 0 Å². The summed E-state index contributed by atoms with van der Waals surface area (Å²) in [5.41, 5.74) is 6.81. The van der Waals surface area contributed by atoms with E-state index in [-0.39, 0.29) is 11.4 Å². The molecular weight excluding hydrogens is 276 g/mol. The Labute approximate surface area is 112 Å². The molecule has 0 atom stereocenters. The van der Waals surface area contributed by atoms with Crippen molar-refractivity contribution in [2.45, 2.75) is 6.18 Å². The van der Waals surface area contributed by atoms with Gasteiger partial charge in [0.05, 0.1) is 6.20 Å². The molecule has 0 aliphatic heterocycles. The van der Waals surface area contributed by atoms with E-state index in [1.165, 1.54) is 30.5 Å². The van der Waals surface area contributed by atoms with E-state index >= 15 is 0 Å². The van der Waals surface area contributed by atoms with E-state index in [9.17, 15) is 17.6 Å². The van der Waals surface area contributed by atoms with E-state index in [0.29, 0.717) is 11.1 Å². The van der Waals surface area contributed by atoms with Gasteiger partial charge >= 0.3 is 6.18 Å². The van der Waals surface area contributed by atoms with Crippen LogP contribution in [0.2, 0.25) is 0 Å². The van der Waals surface area contributed by atoms with E-state index in [1.807, 2.05) is 0 Å². The number of nitrogens with zero attached hydrogens (tertiary/aromatic N) is 1. The van der Waals surface area contributed by atoms with Crippen molar-refractivity contribution in [3.8, 4) is 16.9 Å². The molecule has 0 fully saturated rings. The van der Waals surface area contributed by atoms with Gasteiger partial charge in [0.2, 0.25) is 0 Å². The van der Waals surface area contributed by atoms with Crippen molar-refractivity contribution in [3.63, 3.8) is 0 Å². The molecule has 1 aromatic heterocycles. The van der Waals surface area contributed by atoms with Crippen molar-refractivity contribution in [1.29, 1.82) is 0 Å². The number of hydrogen-bond acceptors (Lipinski definition) is 3. The van der Waals surface area contributed by atoms with Crippen molar-refractivity contribution < 1.29 is 22.3 Å². The van der Waals surface area contributed by atoms with Gasteiger partial charge in [-0.3, -0.25) is 4.98 Å². The summed E-state index contributed by atoms with van der Waals surface area (Å²) in [6.07, 6.45) is -1.97. The zero-order valence-corrected chi connectivity index (χ0v) is 10.1. The summed E-state index contributed by atoms with van der Waals surface area (Å²) in [7, 11) is 0. The van der Waals surface area contributed by atoms with Gasteiger partial charge in [-0.15, -0.1) is 0 Å². The first kappa shape index (κ1) is 14.1. The van der Waals surface area contributed by atoms with Crippen molar-refractivity contribution >= 4 is 5.69 Å². The van der Waals surface area contributed by atoms with Crippen LogP contribution in [-0.4, -0.2) is 17.8 Å². The van der Waals surface area contributed by atoms with Crippen LogP contribution in [0.25, 0.3) is 11.1 Å². The average Bonchev–Trinajstić information content (AvgIpc) is 2.35. The van der Waals surface area contributed by atoms with Crippen molar-refractivity contribution in [2.24, 2.45) is 0 Å². The highest BCUT2D eigenvalue weighted by Crippen LogP contribution is 2.30. The molecule has 20 heavy (non-hydrogen) atoms. The van der Waals surface area contributed by atoms with Crippen LogP contribution in [0.4, 0.5) is 23.2 Å². The molecule has 0 saturated carbocycles. The third-order valence-electron chi connectivity index (χ3n) is 2.44. The maximum atomic E-state index is 13.1. The van der Waals surface area contributed by atoms with Gasteiger partial charge < -0.3 is 10.5 Å². The molecule has 2 N–H and O–H groups in total. The molecule has 0 bridgehead atoms. The van der Waals surface area contributed by atoms with Crippen LogP contribution in [0.5, 0.6) is 5.75 Å². The highest BCUT2D eigenvalue weighted by atomic mass is 19.4. The highest BCUT2D eigenvalue weighted by molar-refractivity contribution is 5.76. The smallest absolute Gasteiger partial charge is 0.422 e. The van der Waals surface area contributed by atoms with Crippen LogP contribution in [0, 0.1) is 5.82 Å². The average molecular weight is 286 g/mol. The first-order chi connectivity index (χ1) is 9.35. The van der Waals surface area contributed by atoms with Gasteiger partial charge in [0, 0.05) is 29.1 Å². The Morgan fingerprint density at radius 3 is 2.50 bits per heavy atom. The minimum Gasteiger partial charge on any atom is -0.484 e. The molecule has 0 aliphatic carbocycles. The number of rotatable bonds is 3. The number of ether oxygens (including phenoxy) is 1. The molecule has 0 saturated heterocycles. The maximum Gasteiger partial charge on any atom is 0.422 e. The minimum absolute atomic E-state index is 0.00654. The largest absolute Gasteiger partial charge is 0.484 e. The second kappa shape index (κ2) is 5.36. The predicted octanol–water partition coefficient (Wildman–Crippen LogP) is 3.41. The van der Waals surface area contributed by atoms with E-state index in [4.69, 9.17) is 5.73 Å². The number of aromatic nitrogens is 1. The van der Waals surface area contributed by atoms with Gasteiger partial charge in [0.1, 0.15) is 11.6 Å². The summed E-state index contributed by atoms with van der Waals surface area (Å²) >= 11 is 0. The Morgan fingerprint density at radius 1 is 1.15 bits per heavy atom. The topological polar surface area (TPSA) is 48.1 Å². The van der Waals surface area contributed by atoms with Crippen LogP contribution >= 0.6 is 0 Å². The van der Waals surface area contributed by atoms with Crippen LogP contribution in [0.15, 0.2) is 36.7 Å². The van der Waals surface area contributed by atoms with E-state index in [1.54, 1.807) is 0 Å². The van der Waals surface area contributed by atoms with Gasteiger partial charge in [0.25, 0.3) is 0 Å². The summed E-state index contributed by atoms with van der Waals surface area (Å²) < 4.78 is 53.7. The summed E-state index contributed by atoms with van der Waals surface area (Å²) in [4.78, 5) is 3.68. The molecule has 106 valence electrons. The Bertz CT molecular complexity index is 614. The number of nitrogen functional groups attached to an aromatic ring is 1. The number of benzene rings is 1. The molecular formula is C13H10F4N2O. The molecule has 3 nitrogen and oxygen atoms in total. The minimum atomic E-state index is -4.42. The molecule has 0 unspecified atom stereocenters. The van der Waals surface area contributed by atoms with Gasteiger partial charge in [-0.2, -0.15) is 13.2 Å². The Kier molecular flexibility index (Phi) is 3.78. The van der Waals surface area contributed by atoms with Crippen LogP contribution in [0.3, 0.4) is 0 Å². The second-order valence-electron chi connectivity index (χ2n) is 4.04. The van der Waals surface area contributed by atoms with Crippen LogP contribution < -0.4 is 10.5 Å². The first-order valence-electron chi connectivity index (χ1n) is 5.55. The Balaban J connectivity index is 2.22. The summed E-state index contributed by atoms with van der Waals surface area (Å²) in [5.74, 6) is -0.535. The van der Waals surface area contributed by atoms with Crippen LogP contribution in [0.1, 0.15) is 0 Å². The molecule has 1 aromatic carbocycles. The third kappa shape index (κ3) is 3.59. The molecule has 0 amide bonds. The van der Waals surface area contributed by atoms with Gasteiger partial charge in [0.15, 0.2) is 6.61 Å². The number of hydrogen-bond donors (Lipinski definition) is 1. The molecule has 0 radical (unpaired) electrons. The highest BCUT2D eigenvalue weighted by Gasteiger charge is 2.28. The molecule has 2 aromatic rings. The summed E-state index contributed by atoms with van der Waals surface area (Å²) in [6.45, 7) is -1.40. The number of pyridine rings is 1. The molecule has 1 heterocycles. The lowest BCUT2D eigenvalue weighted by atomic mass is 10.1. The van der Waals surface area contributed by atoms with Crippen LogP contribution in [-0.2, 0) is 0 Å². The first-order valence-corrected chi connectivity index (χ1v) is 5.55. The number of anilines is 1. The maximum absolute atomic E-state index is 13.1. The fourth-order valence-corrected chi connectivity index (χ4v) is 1.62. The second-order valence-corrected chi connectivity index (χ2v) is 4.04. The van der Waals surface area contributed by atoms with Crippen molar-refractivity contribution in [2.75, 3.05) is 12.3 Å². The molecule has 2 rings (SSSR count). The van der Waals surface area contributed by atoms with Gasteiger partial charge in [-0.25, -0.2) is 4.39 Å². The lowest BCUT2D eigenvalue weighted by molar-refractivity contribution is -0.153. The molecule has 0 spiro atoms. The number of alkyl halides is 3. The van der Waals surface area contributed by atoms with E-state index < -0.39 is 18.6 Å². The van der Waals surface area contributed by atoms with Crippen molar-refractivity contribution in [1.82, 2.24) is 4.98 Å². The Morgan fingerprint density at radius 2 is 1.90 bits per heavy atom. The summed E-state index contributed by atoms with van der Waals surface area (Å²) in [5, 5.41) is 0. The molecule has 0 aliphatic rings. The zero-order valence-electron chi connectivity index (χ0n) is 10.1. The number of nitrogens with two attached hydrogens (primary N) is 1. The lowest BCUT2D eigenvalue weighted by Crippen LogP contribution is -2.19. The van der Waals surface area contributed by atoms with E-state index in [0.717, 1.165) is 6.20 Å². The fraction of sp³-hybridized carbons (Fsp3) is 0.154. The van der Waals surface area contributed by atoms with Gasteiger partial charge in [-0.05, 0) is 18.2 Å². The third-order valence-corrected chi connectivity index (χ3v) is 2.44. The van der Waals surface area contributed by atoms with E-state index in [2.05, 4.69) is 9.72 Å². The fourth-order valence-electron chi connectivity index (χ4n) is 1.62. The Hall–Kier alpha value is -2.31. The predicted molar refractivity (Wildman–Crippen MR) is 65.6 cm³/mol. The standard InChI is InChI=1S/C13H10F4N2O/c14-9-3-8(5-19-6-9)11-2-1-10(4-12(11)18)20-7-13(15,16)17/h1-6H,7,18H2. The normalized spacial score (nSPS) is 11.4. The quantitative estimate of drug-likeness (QED) is 0.694. The summed E-state index contributed by atoms with van der Waals surface area (Å²) in [6, 6.07) is 5.28. The number of halogens is 4. The zero-order chi connectivity index (χ0) is 14.8. The lowest BCUT2D eigenvalue weighted by Gasteiger charge is -2.11. The van der Waals surface area contributed by atoms with Crippen molar-refractivity contribution in [3.05, 3.63) is 42.5 Å².